The average molecular weight is 305 g/mol. The molecule has 1 atom stereocenters. The first-order valence-electron chi connectivity index (χ1n) is 7.63. The molecule has 0 aliphatic carbocycles. The van der Waals surface area contributed by atoms with Crippen molar-refractivity contribution >= 4 is 17.7 Å². The van der Waals surface area contributed by atoms with E-state index in [0.29, 0.717) is 36.7 Å². The van der Waals surface area contributed by atoms with E-state index in [9.17, 15) is 4.79 Å². The third-order valence-electron chi connectivity index (χ3n) is 3.39. The van der Waals surface area contributed by atoms with Crippen molar-refractivity contribution in [1.82, 2.24) is 15.6 Å². The maximum atomic E-state index is 11.9. The Kier molecular flexibility index (Phi) is 7.36. The van der Waals surface area contributed by atoms with Crippen LogP contribution in [-0.2, 0) is 4.79 Å². The van der Waals surface area contributed by atoms with Crippen LogP contribution in [0, 0.1) is 12.8 Å². The molecule has 0 saturated heterocycles. The zero-order valence-electron chi connectivity index (χ0n) is 14.1. The summed E-state index contributed by atoms with van der Waals surface area (Å²) in [6.45, 7) is 8.80. The average Bonchev–Trinajstić information content (AvgIpc) is 2.45. The predicted molar refractivity (Wildman–Crippen MR) is 91.0 cm³/mol. The number of guanidine groups is 1. The van der Waals surface area contributed by atoms with E-state index in [2.05, 4.69) is 46.7 Å². The Balaban J connectivity index is 2.35. The van der Waals surface area contributed by atoms with Crippen molar-refractivity contribution in [3.05, 3.63) is 23.9 Å². The van der Waals surface area contributed by atoms with Gasteiger partial charge in [-0.15, -0.1) is 0 Å². The van der Waals surface area contributed by atoms with Gasteiger partial charge in [0.2, 0.25) is 5.91 Å². The highest BCUT2D eigenvalue weighted by Crippen LogP contribution is 2.04. The van der Waals surface area contributed by atoms with Gasteiger partial charge in [-0.1, -0.05) is 19.9 Å². The zero-order valence-corrected chi connectivity index (χ0v) is 14.1. The largest absolute Gasteiger partial charge is 0.356 e. The monoisotopic (exact) mass is 305 g/mol. The second-order valence-electron chi connectivity index (χ2n) is 5.64. The third-order valence-corrected chi connectivity index (χ3v) is 3.39. The molecule has 1 amide bonds. The van der Waals surface area contributed by atoms with Crippen molar-refractivity contribution in [1.29, 1.82) is 0 Å². The highest BCUT2D eigenvalue weighted by Gasteiger charge is 2.09. The number of hydrogen-bond donors (Lipinski definition) is 3. The van der Waals surface area contributed by atoms with E-state index in [1.807, 2.05) is 19.1 Å². The Hall–Kier alpha value is -2.11. The van der Waals surface area contributed by atoms with Gasteiger partial charge in [0.25, 0.3) is 0 Å². The van der Waals surface area contributed by atoms with Crippen LogP contribution in [0.3, 0.4) is 0 Å². The van der Waals surface area contributed by atoms with Crippen LogP contribution in [-0.4, -0.2) is 36.5 Å². The molecule has 0 aliphatic heterocycles. The van der Waals surface area contributed by atoms with Crippen LogP contribution >= 0.6 is 0 Å². The zero-order chi connectivity index (χ0) is 16.5. The lowest BCUT2D eigenvalue weighted by Crippen LogP contribution is -2.44. The van der Waals surface area contributed by atoms with E-state index < -0.39 is 0 Å². The fourth-order valence-corrected chi connectivity index (χ4v) is 1.69. The number of nitrogens with zero attached hydrogens (tertiary/aromatic N) is 2. The van der Waals surface area contributed by atoms with E-state index in [4.69, 9.17) is 0 Å². The van der Waals surface area contributed by atoms with Gasteiger partial charge in [0.1, 0.15) is 5.82 Å². The molecular weight excluding hydrogens is 278 g/mol. The number of carbonyl (C=O) groups excluding carboxylic acids is 1. The number of aryl methyl sites for hydroxylation is 1. The van der Waals surface area contributed by atoms with Crippen molar-refractivity contribution in [3.63, 3.8) is 0 Å². The Morgan fingerprint density at radius 3 is 2.64 bits per heavy atom. The fraction of sp³-hybridized carbons (Fsp3) is 0.562. The lowest BCUT2D eigenvalue weighted by Gasteiger charge is -2.20. The number of aromatic nitrogens is 1. The molecule has 0 saturated carbocycles. The van der Waals surface area contributed by atoms with Gasteiger partial charge in [0.15, 0.2) is 5.96 Å². The van der Waals surface area contributed by atoms with E-state index in [1.165, 1.54) is 0 Å². The number of rotatable bonds is 6. The van der Waals surface area contributed by atoms with Crippen LogP contribution < -0.4 is 16.0 Å². The van der Waals surface area contributed by atoms with Crippen molar-refractivity contribution in [2.24, 2.45) is 10.9 Å². The normalized spacial score (nSPS) is 12.9. The van der Waals surface area contributed by atoms with Crippen molar-refractivity contribution in [2.75, 3.05) is 18.9 Å². The van der Waals surface area contributed by atoms with Crippen LogP contribution in [0.2, 0.25) is 0 Å². The summed E-state index contributed by atoms with van der Waals surface area (Å²) in [4.78, 5) is 20.3. The number of nitrogens with one attached hydrogen (secondary N) is 3. The molecule has 122 valence electrons. The second kappa shape index (κ2) is 9.02. The van der Waals surface area contributed by atoms with Crippen LogP contribution in [0.1, 0.15) is 32.9 Å². The second-order valence-corrected chi connectivity index (χ2v) is 5.64. The number of pyridine rings is 1. The molecule has 6 heteroatoms. The quantitative estimate of drug-likeness (QED) is 0.554. The number of amides is 1. The standard InChI is InChI=1S/C16H27N5O/c1-11(2)13(4)20-16(17-5)18-10-9-15(22)21-14-8-6-7-12(3)19-14/h6-8,11,13H,9-10H2,1-5H3,(H2,17,18,20)(H,19,21,22). The smallest absolute Gasteiger partial charge is 0.227 e. The topological polar surface area (TPSA) is 78.4 Å². The highest BCUT2D eigenvalue weighted by atomic mass is 16.1. The number of anilines is 1. The molecule has 6 nitrogen and oxygen atoms in total. The van der Waals surface area contributed by atoms with Crippen molar-refractivity contribution in [3.8, 4) is 0 Å². The summed E-state index contributed by atoms with van der Waals surface area (Å²) in [7, 11) is 1.72. The SMILES string of the molecule is CN=C(NCCC(=O)Nc1cccc(C)n1)NC(C)C(C)C. The van der Waals surface area contributed by atoms with Gasteiger partial charge >= 0.3 is 0 Å². The molecule has 1 aromatic rings. The molecule has 22 heavy (non-hydrogen) atoms. The number of hydrogen-bond acceptors (Lipinski definition) is 3. The third kappa shape index (κ3) is 6.56. The van der Waals surface area contributed by atoms with Crippen LogP contribution in [0.5, 0.6) is 0 Å². The summed E-state index contributed by atoms with van der Waals surface area (Å²) in [5, 5.41) is 9.22. The van der Waals surface area contributed by atoms with E-state index >= 15 is 0 Å². The molecule has 1 rings (SSSR count). The van der Waals surface area contributed by atoms with Crippen molar-refractivity contribution < 1.29 is 4.79 Å². The van der Waals surface area contributed by atoms with Gasteiger partial charge in [-0.2, -0.15) is 0 Å². The Labute approximate surface area is 132 Å². The first-order valence-corrected chi connectivity index (χ1v) is 7.63. The first kappa shape index (κ1) is 17.9. The minimum atomic E-state index is -0.0713. The maximum Gasteiger partial charge on any atom is 0.227 e. The molecule has 1 aromatic heterocycles. The van der Waals surface area contributed by atoms with Gasteiger partial charge in [-0.05, 0) is 31.9 Å². The fourth-order valence-electron chi connectivity index (χ4n) is 1.69. The summed E-state index contributed by atoms with van der Waals surface area (Å²) in [5.74, 6) is 1.73. The summed E-state index contributed by atoms with van der Waals surface area (Å²) < 4.78 is 0. The van der Waals surface area contributed by atoms with E-state index in [-0.39, 0.29) is 5.91 Å². The highest BCUT2D eigenvalue weighted by molar-refractivity contribution is 5.90. The minimum absolute atomic E-state index is 0.0713. The number of aliphatic imine (C=N–C) groups is 1. The Morgan fingerprint density at radius 2 is 2.05 bits per heavy atom. The summed E-state index contributed by atoms with van der Waals surface area (Å²) >= 11 is 0. The maximum absolute atomic E-state index is 11.9. The molecule has 0 fully saturated rings. The molecule has 1 heterocycles. The van der Waals surface area contributed by atoms with Gasteiger partial charge in [-0.25, -0.2) is 4.98 Å². The summed E-state index contributed by atoms with van der Waals surface area (Å²) in [5.41, 5.74) is 0.878. The van der Waals surface area contributed by atoms with E-state index in [0.717, 1.165) is 5.69 Å². The number of carbonyl (C=O) groups is 1. The van der Waals surface area contributed by atoms with Gasteiger partial charge in [-0.3, -0.25) is 9.79 Å². The van der Waals surface area contributed by atoms with Crippen molar-refractivity contribution in [2.45, 2.75) is 40.2 Å². The lowest BCUT2D eigenvalue weighted by atomic mass is 10.1. The van der Waals surface area contributed by atoms with Gasteiger partial charge < -0.3 is 16.0 Å². The van der Waals surface area contributed by atoms with Crippen LogP contribution in [0.15, 0.2) is 23.2 Å². The Morgan fingerprint density at radius 1 is 1.32 bits per heavy atom. The minimum Gasteiger partial charge on any atom is -0.356 e. The molecular formula is C16H27N5O. The first-order chi connectivity index (χ1) is 10.4. The molecule has 0 radical (unpaired) electrons. The molecule has 0 aliphatic rings. The Bertz CT molecular complexity index is 513. The molecule has 1 unspecified atom stereocenters. The predicted octanol–water partition coefficient (Wildman–Crippen LogP) is 1.93. The molecule has 0 aromatic carbocycles. The molecule has 0 bridgehead atoms. The van der Waals surface area contributed by atoms with Gasteiger partial charge in [0.05, 0.1) is 0 Å². The van der Waals surface area contributed by atoms with Gasteiger partial charge in [0, 0.05) is 31.7 Å². The summed E-state index contributed by atoms with van der Waals surface area (Å²) in [6, 6.07) is 5.86. The summed E-state index contributed by atoms with van der Waals surface area (Å²) in [6.07, 6.45) is 0.354. The molecule has 0 spiro atoms. The van der Waals surface area contributed by atoms with Crippen LogP contribution in [0.4, 0.5) is 5.82 Å². The molecule has 3 N–H and O–H groups in total. The lowest BCUT2D eigenvalue weighted by molar-refractivity contribution is -0.116. The van der Waals surface area contributed by atoms with Crippen LogP contribution in [0.25, 0.3) is 0 Å². The van der Waals surface area contributed by atoms with E-state index in [1.54, 1.807) is 13.1 Å².